The molecule has 6 nitrogen and oxygen atoms in total. The highest BCUT2D eigenvalue weighted by Crippen LogP contribution is 2.23. The molecule has 4 rings (SSSR count). The lowest BCUT2D eigenvalue weighted by Crippen LogP contribution is -2.33. The molecule has 0 spiro atoms. The van der Waals surface area contributed by atoms with E-state index < -0.39 is 0 Å². The summed E-state index contributed by atoms with van der Waals surface area (Å²) in [6, 6.07) is 9.73. The van der Waals surface area contributed by atoms with Crippen LogP contribution in [0.3, 0.4) is 0 Å². The molecule has 0 unspecified atom stereocenters. The molecule has 3 heterocycles. The molecule has 0 saturated carbocycles. The quantitative estimate of drug-likeness (QED) is 0.728. The summed E-state index contributed by atoms with van der Waals surface area (Å²) in [5.41, 5.74) is 3.49. The number of hydrogen-bond acceptors (Lipinski definition) is 5. The SMILES string of the molecule is CCOc1ncnc2c1CCN(C(=O)c1cnc3ccccc3c1)CC2. The van der Waals surface area contributed by atoms with Gasteiger partial charge in [0.1, 0.15) is 6.33 Å². The Morgan fingerprint density at radius 2 is 2.00 bits per heavy atom. The Labute approximate surface area is 151 Å². The van der Waals surface area contributed by atoms with E-state index in [1.165, 1.54) is 6.33 Å². The lowest BCUT2D eigenvalue weighted by atomic mass is 10.1. The third-order valence-electron chi connectivity index (χ3n) is 4.65. The molecule has 0 saturated heterocycles. The summed E-state index contributed by atoms with van der Waals surface area (Å²) in [7, 11) is 0. The van der Waals surface area contributed by atoms with Gasteiger partial charge in [0.25, 0.3) is 5.91 Å². The van der Waals surface area contributed by atoms with Crippen LogP contribution in [-0.2, 0) is 12.8 Å². The van der Waals surface area contributed by atoms with Crippen LogP contribution in [0.1, 0.15) is 28.5 Å². The minimum atomic E-state index is 0.00183. The van der Waals surface area contributed by atoms with Gasteiger partial charge in [0.2, 0.25) is 5.88 Å². The Morgan fingerprint density at radius 1 is 1.15 bits per heavy atom. The van der Waals surface area contributed by atoms with Crippen molar-refractivity contribution < 1.29 is 9.53 Å². The van der Waals surface area contributed by atoms with Gasteiger partial charge in [-0.3, -0.25) is 9.78 Å². The first-order chi connectivity index (χ1) is 12.8. The molecular weight excluding hydrogens is 328 g/mol. The maximum atomic E-state index is 13.0. The first-order valence-corrected chi connectivity index (χ1v) is 8.86. The van der Waals surface area contributed by atoms with E-state index in [9.17, 15) is 4.79 Å². The van der Waals surface area contributed by atoms with Crippen LogP contribution in [0.5, 0.6) is 5.88 Å². The van der Waals surface area contributed by atoms with Crippen LogP contribution in [0.4, 0.5) is 0 Å². The van der Waals surface area contributed by atoms with Crippen molar-refractivity contribution >= 4 is 16.8 Å². The van der Waals surface area contributed by atoms with E-state index in [0.29, 0.717) is 44.0 Å². The van der Waals surface area contributed by atoms with Crippen LogP contribution in [-0.4, -0.2) is 45.5 Å². The number of para-hydroxylation sites is 1. The van der Waals surface area contributed by atoms with Gasteiger partial charge in [-0.05, 0) is 25.5 Å². The van der Waals surface area contributed by atoms with Gasteiger partial charge in [0.05, 0.1) is 23.4 Å². The van der Waals surface area contributed by atoms with Crippen LogP contribution < -0.4 is 4.74 Å². The van der Waals surface area contributed by atoms with Crippen molar-refractivity contribution in [2.45, 2.75) is 19.8 Å². The minimum absolute atomic E-state index is 0.00183. The average molecular weight is 348 g/mol. The van der Waals surface area contributed by atoms with E-state index in [-0.39, 0.29) is 5.91 Å². The number of ether oxygens (including phenoxy) is 1. The van der Waals surface area contributed by atoms with Crippen molar-refractivity contribution in [2.24, 2.45) is 0 Å². The second-order valence-electron chi connectivity index (χ2n) is 6.25. The molecule has 0 N–H and O–H groups in total. The van der Waals surface area contributed by atoms with Crippen LogP contribution >= 0.6 is 0 Å². The Kier molecular flexibility index (Phi) is 4.48. The predicted molar refractivity (Wildman–Crippen MR) is 98.3 cm³/mol. The Bertz CT molecular complexity index is 957. The summed E-state index contributed by atoms with van der Waals surface area (Å²) < 4.78 is 5.62. The summed E-state index contributed by atoms with van der Waals surface area (Å²) in [5, 5.41) is 0.973. The van der Waals surface area contributed by atoms with Gasteiger partial charge in [-0.2, -0.15) is 0 Å². The highest BCUT2D eigenvalue weighted by molar-refractivity contribution is 5.97. The van der Waals surface area contributed by atoms with Gasteiger partial charge in [-0.15, -0.1) is 0 Å². The molecule has 1 aliphatic heterocycles. The van der Waals surface area contributed by atoms with Gasteiger partial charge in [-0.1, -0.05) is 18.2 Å². The van der Waals surface area contributed by atoms with Crippen molar-refractivity contribution in [1.29, 1.82) is 0 Å². The standard InChI is InChI=1S/C20H20N4O2/c1-2-26-19-16-7-9-24(10-8-18(16)22-13-23-19)20(25)15-11-14-5-3-4-6-17(14)21-12-15/h3-6,11-13H,2,7-10H2,1H3. The number of aromatic nitrogens is 3. The summed E-state index contributed by atoms with van der Waals surface area (Å²) in [6.07, 6.45) is 4.59. The van der Waals surface area contributed by atoms with Crippen molar-refractivity contribution in [1.82, 2.24) is 19.9 Å². The number of carbonyl (C=O) groups excluding carboxylic acids is 1. The number of rotatable bonds is 3. The lowest BCUT2D eigenvalue weighted by molar-refractivity contribution is 0.0762. The van der Waals surface area contributed by atoms with E-state index in [2.05, 4.69) is 15.0 Å². The normalized spacial score (nSPS) is 14.0. The van der Waals surface area contributed by atoms with Gasteiger partial charge < -0.3 is 9.64 Å². The number of nitrogens with zero attached hydrogens (tertiary/aromatic N) is 4. The van der Waals surface area contributed by atoms with E-state index in [0.717, 1.165) is 22.2 Å². The summed E-state index contributed by atoms with van der Waals surface area (Å²) in [4.78, 5) is 27.9. The zero-order valence-corrected chi connectivity index (χ0v) is 14.7. The molecular formula is C20H20N4O2. The molecule has 1 amide bonds. The average Bonchev–Trinajstić information content (AvgIpc) is 2.91. The number of amides is 1. The fourth-order valence-corrected chi connectivity index (χ4v) is 3.33. The summed E-state index contributed by atoms with van der Waals surface area (Å²) in [5.74, 6) is 0.640. The number of pyridine rings is 1. The second kappa shape index (κ2) is 7.07. The number of carbonyl (C=O) groups is 1. The monoisotopic (exact) mass is 348 g/mol. The van der Waals surface area contributed by atoms with Gasteiger partial charge in [-0.25, -0.2) is 9.97 Å². The molecule has 1 aromatic carbocycles. The number of benzene rings is 1. The van der Waals surface area contributed by atoms with Crippen LogP contribution in [0.2, 0.25) is 0 Å². The van der Waals surface area contributed by atoms with Crippen molar-refractivity contribution in [3.8, 4) is 5.88 Å². The van der Waals surface area contributed by atoms with Crippen molar-refractivity contribution in [2.75, 3.05) is 19.7 Å². The molecule has 0 atom stereocenters. The van der Waals surface area contributed by atoms with Crippen molar-refractivity contribution in [3.63, 3.8) is 0 Å². The molecule has 26 heavy (non-hydrogen) atoms. The zero-order valence-electron chi connectivity index (χ0n) is 14.7. The fraction of sp³-hybridized carbons (Fsp3) is 0.300. The van der Waals surface area contributed by atoms with Crippen LogP contribution in [0.25, 0.3) is 10.9 Å². The molecule has 6 heteroatoms. The summed E-state index contributed by atoms with van der Waals surface area (Å²) >= 11 is 0. The molecule has 0 aliphatic carbocycles. The first kappa shape index (κ1) is 16.4. The highest BCUT2D eigenvalue weighted by Gasteiger charge is 2.23. The topological polar surface area (TPSA) is 68.2 Å². The molecule has 1 aliphatic rings. The largest absolute Gasteiger partial charge is 0.478 e. The third-order valence-corrected chi connectivity index (χ3v) is 4.65. The number of hydrogen-bond donors (Lipinski definition) is 0. The van der Waals surface area contributed by atoms with E-state index >= 15 is 0 Å². The van der Waals surface area contributed by atoms with Crippen LogP contribution in [0.15, 0.2) is 42.9 Å². The first-order valence-electron chi connectivity index (χ1n) is 8.86. The molecule has 0 radical (unpaired) electrons. The fourth-order valence-electron chi connectivity index (χ4n) is 3.33. The second-order valence-corrected chi connectivity index (χ2v) is 6.25. The predicted octanol–water partition coefficient (Wildman–Crippen LogP) is 2.66. The Balaban J connectivity index is 1.57. The molecule has 2 aromatic heterocycles. The van der Waals surface area contributed by atoms with Crippen molar-refractivity contribution in [3.05, 3.63) is 59.7 Å². The van der Waals surface area contributed by atoms with Gasteiger partial charge in [0, 0.05) is 36.7 Å². The van der Waals surface area contributed by atoms with E-state index in [1.54, 1.807) is 6.20 Å². The Morgan fingerprint density at radius 3 is 2.88 bits per heavy atom. The molecule has 132 valence electrons. The van der Waals surface area contributed by atoms with E-state index in [4.69, 9.17) is 4.74 Å². The maximum absolute atomic E-state index is 13.0. The lowest BCUT2D eigenvalue weighted by Gasteiger charge is -2.20. The third kappa shape index (κ3) is 3.10. The maximum Gasteiger partial charge on any atom is 0.255 e. The van der Waals surface area contributed by atoms with Gasteiger partial charge >= 0.3 is 0 Å². The molecule has 3 aromatic rings. The number of fused-ring (bicyclic) bond motifs is 2. The molecule has 0 fully saturated rings. The zero-order chi connectivity index (χ0) is 17.9. The minimum Gasteiger partial charge on any atom is -0.478 e. The van der Waals surface area contributed by atoms with Gasteiger partial charge in [0.15, 0.2) is 0 Å². The highest BCUT2D eigenvalue weighted by atomic mass is 16.5. The van der Waals surface area contributed by atoms with Crippen LogP contribution in [0, 0.1) is 0 Å². The van der Waals surface area contributed by atoms with E-state index in [1.807, 2.05) is 42.2 Å². The summed E-state index contributed by atoms with van der Waals surface area (Å²) in [6.45, 7) is 3.75. The molecule has 0 bridgehead atoms. The smallest absolute Gasteiger partial charge is 0.255 e. The Hall–Kier alpha value is -3.02.